The lowest BCUT2D eigenvalue weighted by Gasteiger charge is -2.31. The molecule has 0 saturated heterocycles. The summed E-state index contributed by atoms with van der Waals surface area (Å²) in [5, 5.41) is 1.69. The summed E-state index contributed by atoms with van der Waals surface area (Å²) in [7, 11) is 1.39. The minimum absolute atomic E-state index is 0.438. The van der Waals surface area contributed by atoms with Gasteiger partial charge >= 0.3 is 5.97 Å². The molecule has 4 rings (SSSR count). The second-order valence-electron chi connectivity index (χ2n) is 8.93. The molecule has 0 N–H and O–H groups in total. The second kappa shape index (κ2) is 7.88. The van der Waals surface area contributed by atoms with E-state index in [1.165, 1.54) is 7.11 Å². The number of aryl methyl sites for hydroxylation is 1. The molecule has 3 aromatic rings. The van der Waals surface area contributed by atoms with Crippen molar-refractivity contribution in [1.82, 2.24) is 4.57 Å². The van der Waals surface area contributed by atoms with Crippen LogP contribution in [0.4, 0.5) is 0 Å². The van der Waals surface area contributed by atoms with Crippen molar-refractivity contribution < 1.29 is 19.0 Å². The fourth-order valence-corrected chi connectivity index (χ4v) is 4.52. The highest BCUT2D eigenvalue weighted by Gasteiger charge is 2.35. The van der Waals surface area contributed by atoms with Gasteiger partial charge < -0.3 is 18.8 Å². The topological polar surface area (TPSA) is 49.7 Å². The Morgan fingerprint density at radius 3 is 2.48 bits per heavy atom. The van der Waals surface area contributed by atoms with E-state index in [9.17, 15) is 4.79 Å². The Morgan fingerprint density at radius 2 is 1.87 bits per heavy atom. The average Bonchev–Trinajstić information content (AvgIpc) is 3.06. The summed E-state index contributed by atoms with van der Waals surface area (Å²) in [6.45, 7) is 11.3. The molecule has 31 heavy (non-hydrogen) atoms. The van der Waals surface area contributed by atoms with E-state index in [2.05, 4.69) is 17.6 Å². The SMILES string of the molecule is COC(=O)[C@@H](OC(C)(C)C)c1c(C)c2c3c(cc(C)n3CCO2)c1-c1ccc(Cl)cc1. The van der Waals surface area contributed by atoms with Crippen molar-refractivity contribution in [2.45, 2.75) is 52.9 Å². The third kappa shape index (κ3) is 3.81. The summed E-state index contributed by atoms with van der Waals surface area (Å²) in [5.74, 6) is 0.361. The molecule has 1 aliphatic heterocycles. The molecule has 1 aromatic heterocycles. The minimum atomic E-state index is -0.898. The molecule has 5 nitrogen and oxygen atoms in total. The lowest BCUT2D eigenvalue weighted by molar-refractivity contribution is -0.164. The predicted molar refractivity (Wildman–Crippen MR) is 123 cm³/mol. The van der Waals surface area contributed by atoms with Crippen LogP contribution in [-0.4, -0.2) is 29.9 Å². The molecule has 0 amide bonds. The van der Waals surface area contributed by atoms with E-state index in [0.29, 0.717) is 11.6 Å². The van der Waals surface area contributed by atoms with Gasteiger partial charge in [-0.05, 0) is 63.9 Å². The summed E-state index contributed by atoms with van der Waals surface area (Å²) in [6, 6.07) is 9.83. The molecule has 0 aliphatic carbocycles. The molecule has 0 spiro atoms. The quantitative estimate of drug-likeness (QED) is 0.466. The van der Waals surface area contributed by atoms with Crippen LogP contribution >= 0.6 is 11.6 Å². The first-order valence-corrected chi connectivity index (χ1v) is 10.8. The van der Waals surface area contributed by atoms with Gasteiger partial charge in [-0.25, -0.2) is 4.79 Å². The number of hydrogen-bond donors (Lipinski definition) is 0. The largest absolute Gasteiger partial charge is 0.489 e. The molecule has 0 fully saturated rings. The Labute approximate surface area is 187 Å². The van der Waals surface area contributed by atoms with Crippen molar-refractivity contribution >= 4 is 28.5 Å². The molecule has 2 heterocycles. The monoisotopic (exact) mass is 441 g/mol. The Bertz CT molecular complexity index is 1160. The first-order chi connectivity index (χ1) is 14.6. The van der Waals surface area contributed by atoms with Crippen LogP contribution in [0.15, 0.2) is 30.3 Å². The number of carbonyl (C=O) groups is 1. The van der Waals surface area contributed by atoms with Gasteiger partial charge in [0.25, 0.3) is 0 Å². The van der Waals surface area contributed by atoms with E-state index in [1.54, 1.807) is 0 Å². The second-order valence-corrected chi connectivity index (χ2v) is 9.37. The number of ether oxygens (including phenoxy) is 3. The number of aromatic nitrogens is 1. The first-order valence-electron chi connectivity index (χ1n) is 10.4. The maximum absolute atomic E-state index is 13.0. The zero-order valence-corrected chi connectivity index (χ0v) is 19.6. The molecule has 0 saturated carbocycles. The highest BCUT2D eigenvalue weighted by molar-refractivity contribution is 6.30. The molecular weight excluding hydrogens is 414 g/mol. The van der Waals surface area contributed by atoms with Gasteiger partial charge in [0.05, 0.1) is 24.8 Å². The molecule has 0 radical (unpaired) electrons. The molecule has 2 aromatic carbocycles. The molecule has 164 valence electrons. The Morgan fingerprint density at radius 1 is 1.19 bits per heavy atom. The summed E-state index contributed by atoms with van der Waals surface area (Å²) < 4.78 is 19.9. The zero-order valence-electron chi connectivity index (χ0n) is 18.8. The molecule has 0 bridgehead atoms. The van der Waals surface area contributed by atoms with Crippen molar-refractivity contribution in [2.75, 3.05) is 13.7 Å². The molecule has 6 heteroatoms. The minimum Gasteiger partial charge on any atom is -0.489 e. The van der Waals surface area contributed by atoms with E-state index >= 15 is 0 Å². The molecule has 1 atom stereocenters. The number of benzene rings is 2. The standard InChI is InChI=1S/C25H28ClNO4/c1-14-13-18-20(16-7-9-17(26)10-8-16)19(23(24(28)29-6)31-25(3,4)5)15(2)22-21(18)27(14)11-12-30-22/h7-10,13,23H,11-12H2,1-6H3/t23-/m0/s1. The van der Waals surface area contributed by atoms with Gasteiger partial charge in [-0.3, -0.25) is 0 Å². The third-order valence-electron chi connectivity index (χ3n) is 5.65. The van der Waals surface area contributed by atoms with Crippen LogP contribution in [0.5, 0.6) is 5.75 Å². The number of halogens is 1. The summed E-state index contributed by atoms with van der Waals surface area (Å²) in [6.07, 6.45) is -0.898. The highest BCUT2D eigenvalue weighted by Crippen LogP contribution is 2.47. The van der Waals surface area contributed by atoms with Crippen LogP contribution in [0.25, 0.3) is 22.0 Å². The van der Waals surface area contributed by atoms with Crippen molar-refractivity contribution in [3.63, 3.8) is 0 Å². The van der Waals surface area contributed by atoms with E-state index in [1.807, 2.05) is 52.0 Å². The maximum Gasteiger partial charge on any atom is 0.339 e. The average molecular weight is 442 g/mol. The Kier molecular flexibility index (Phi) is 5.52. The van der Waals surface area contributed by atoms with Crippen LogP contribution in [0, 0.1) is 13.8 Å². The van der Waals surface area contributed by atoms with Crippen LogP contribution in [0.1, 0.15) is 43.7 Å². The van der Waals surface area contributed by atoms with Gasteiger partial charge in [-0.2, -0.15) is 0 Å². The fraction of sp³-hybridized carbons (Fsp3) is 0.400. The van der Waals surface area contributed by atoms with E-state index in [4.69, 9.17) is 25.8 Å². The number of rotatable bonds is 4. The highest BCUT2D eigenvalue weighted by atomic mass is 35.5. The van der Waals surface area contributed by atoms with E-state index in [0.717, 1.165) is 51.1 Å². The number of methoxy groups -OCH3 is 1. The smallest absolute Gasteiger partial charge is 0.339 e. The van der Waals surface area contributed by atoms with Gasteiger partial charge in [-0.1, -0.05) is 23.7 Å². The third-order valence-corrected chi connectivity index (χ3v) is 5.90. The predicted octanol–water partition coefficient (Wildman–Crippen LogP) is 6.00. The normalized spacial score (nSPS) is 14.4. The van der Waals surface area contributed by atoms with Gasteiger partial charge in [-0.15, -0.1) is 0 Å². The number of esters is 1. The maximum atomic E-state index is 13.0. The van der Waals surface area contributed by atoms with Gasteiger partial charge in [0, 0.05) is 27.2 Å². The fourth-order valence-electron chi connectivity index (χ4n) is 4.39. The van der Waals surface area contributed by atoms with Gasteiger partial charge in [0.1, 0.15) is 12.4 Å². The zero-order chi connectivity index (χ0) is 22.5. The van der Waals surface area contributed by atoms with Crippen LogP contribution in [-0.2, 0) is 20.8 Å². The number of carbonyl (C=O) groups excluding carboxylic acids is 1. The van der Waals surface area contributed by atoms with Crippen LogP contribution < -0.4 is 4.74 Å². The van der Waals surface area contributed by atoms with Crippen LogP contribution in [0.2, 0.25) is 5.02 Å². The lowest BCUT2D eigenvalue weighted by atomic mass is 9.88. The van der Waals surface area contributed by atoms with E-state index in [-0.39, 0.29) is 0 Å². The number of nitrogens with zero attached hydrogens (tertiary/aromatic N) is 1. The van der Waals surface area contributed by atoms with Gasteiger partial charge in [0.2, 0.25) is 0 Å². The summed E-state index contributed by atoms with van der Waals surface area (Å²) in [4.78, 5) is 13.0. The van der Waals surface area contributed by atoms with E-state index < -0.39 is 17.7 Å². The molecule has 1 aliphatic rings. The van der Waals surface area contributed by atoms with Crippen molar-refractivity contribution in [3.8, 4) is 16.9 Å². The van der Waals surface area contributed by atoms with Crippen molar-refractivity contribution in [3.05, 3.63) is 52.2 Å². The Hall–Kier alpha value is -2.50. The molecular formula is C25H28ClNO4. The molecule has 0 unspecified atom stereocenters. The summed E-state index contributed by atoms with van der Waals surface area (Å²) >= 11 is 6.17. The first kappa shape index (κ1) is 21.7. The lowest BCUT2D eigenvalue weighted by Crippen LogP contribution is -2.29. The van der Waals surface area contributed by atoms with Crippen molar-refractivity contribution in [2.24, 2.45) is 0 Å². The van der Waals surface area contributed by atoms with Gasteiger partial charge in [0.15, 0.2) is 6.10 Å². The van der Waals surface area contributed by atoms with Crippen LogP contribution in [0.3, 0.4) is 0 Å². The number of hydrogen-bond acceptors (Lipinski definition) is 4. The summed E-state index contributed by atoms with van der Waals surface area (Å²) in [5.41, 5.74) is 5.20. The Balaban J connectivity index is 2.12. The van der Waals surface area contributed by atoms with Crippen molar-refractivity contribution in [1.29, 1.82) is 0 Å².